The summed E-state index contributed by atoms with van der Waals surface area (Å²) in [5.41, 5.74) is 0.699. The van der Waals surface area contributed by atoms with Crippen molar-refractivity contribution >= 4 is 11.7 Å². The summed E-state index contributed by atoms with van der Waals surface area (Å²) in [5.74, 6) is 0.887. The molecule has 0 radical (unpaired) electrons. The number of rotatable bonds is 6. The number of carbonyl (C=O) groups is 1. The molecule has 122 valence electrons. The van der Waals surface area contributed by atoms with Gasteiger partial charge in [0.05, 0.1) is 0 Å². The van der Waals surface area contributed by atoms with E-state index in [1.165, 1.54) is 6.07 Å². The number of anilines is 1. The van der Waals surface area contributed by atoms with Gasteiger partial charge in [-0.2, -0.15) is 0 Å². The van der Waals surface area contributed by atoms with Gasteiger partial charge in [-0.05, 0) is 18.9 Å². The molecular weight excluding hydrogens is 295 g/mol. The minimum Gasteiger partial charge on any atom is -0.370 e. The predicted molar refractivity (Wildman–Crippen MR) is 87.7 cm³/mol. The Morgan fingerprint density at radius 2 is 2.00 bits per heavy atom. The van der Waals surface area contributed by atoms with Crippen LogP contribution < -0.4 is 10.6 Å². The zero-order valence-corrected chi connectivity index (χ0v) is 13.6. The van der Waals surface area contributed by atoms with E-state index >= 15 is 0 Å². The molecule has 1 aromatic carbocycles. The number of aromatic nitrogens is 2. The maximum atomic E-state index is 13.6. The second kappa shape index (κ2) is 7.67. The second-order valence-corrected chi connectivity index (χ2v) is 5.73. The quantitative estimate of drug-likeness (QED) is 0.860. The molecule has 2 rings (SSSR count). The third-order valence-corrected chi connectivity index (χ3v) is 3.16. The van der Waals surface area contributed by atoms with Crippen molar-refractivity contribution in [2.45, 2.75) is 27.3 Å². The van der Waals surface area contributed by atoms with Gasteiger partial charge < -0.3 is 10.6 Å². The standard InChI is InChI=1S/C17H21FN4O/c1-11(2)9-19-16-8-15(21-12(3)22-16)17(23)20-10-13-6-4-5-7-14(13)18/h4-8,11H,9-10H2,1-3H3,(H,20,23)(H,19,21,22). The summed E-state index contributed by atoms with van der Waals surface area (Å²) in [6.07, 6.45) is 0. The van der Waals surface area contributed by atoms with Crippen molar-refractivity contribution in [3.05, 3.63) is 53.2 Å². The molecule has 0 spiro atoms. The summed E-state index contributed by atoms with van der Waals surface area (Å²) in [5, 5.41) is 5.85. The molecule has 5 nitrogen and oxygen atoms in total. The van der Waals surface area contributed by atoms with Gasteiger partial charge in [-0.3, -0.25) is 4.79 Å². The lowest BCUT2D eigenvalue weighted by Gasteiger charge is -2.11. The van der Waals surface area contributed by atoms with Gasteiger partial charge in [-0.25, -0.2) is 14.4 Å². The number of aryl methyl sites for hydroxylation is 1. The van der Waals surface area contributed by atoms with Crippen LogP contribution in [-0.2, 0) is 6.54 Å². The highest BCUT2D eigenvalue weighted by Crippen LogP contribution is 2.09. The largest absolute Gasteiger partial charge is 0.370 e. The van der Waals surface area contributed by atoms with E-state index in [0.717, 1.165) is 6.54 Å². The molecule has 2 aromatic rings. The molecule has 1 aromatic heterocycles. The maximum Gasteiger partial charge on any atom is 0.270 e. The first-order valence-corrected chi connectivity index (χ1v) is 7.57. The Balaban J connectivity index is 2.05. The molecule has 0 aliphatic carbocycles. The molecule has 0 fully saturated rings. The highest BCUT2D eigenvalue weighted by Gasteiger charge is 2.11. The summed E-state index contributed by atoms with van der Waals surface area (Å²) >= 11 is 0. The minimum atomic E-state index is -0.355. The fourth-order valence-corrected chi connectivity index (χ4v) is 1.99. The summed E-state index contributed by atoms with van der Waals surface area (Å²) < 4.78 is 13.6. The van der Waals surface area contributed by atoms with E-state index in [1.54, 1.807) is 31.2 Å². The first-order valence-electron chi connectivity index (χ1n) is 7.57. The van der Waals surface area contributed by atoms with Crippen LogP contribution in [0.3, 0.4) is 0 Å². The molecule has 0 saturated heterocycles. The van der Waals surface area contributed by atoms with Gasteiger partial charge >= 0.3 is 0 Å². The van der Waals surface area contributed by atoms with Crippen LogP contribution in [-0.4, -0.2) is 22.4 Å². The van der Waals surface area contributed by atoms with Crippen LogP contribution in [0.25, 0.3) is 0 Å². The number of nitrogens with zero attached hydrogens (tertiary/aromatic N) is 2. The molecular formula is C17H21FN4O. The van der Waals surface area contributed by atoms with Gasteiger partial charge in [0.25, 0.3) is 5.91 Å². The van der Waals surface area contributed by atoms with E-state index < -0.39 is 0 Å². The van der Waals surface area contributed by atoms with Crippen molar-refractivity contribution in [3.63, 3.8) is 0 Å². The lowest BCUT2D eigenvalue weighted by atomic mass is 10.2. The molecule has 0 saturated carbocycles. The molecule has 0 atom stereocenters. The zero-order chi connectivity index (χ0) is 16.8. The number of carbonyl (C=O) groups excluding carboxylic acids is 1. The maximum absolute atomic E-state index is 13.6. The van der Waals surface area contributed by atoms with Gasteiger partial charge in [0.1, 0.15) is 23.2 Å². The van der Waals surface area contributed by atoms with Crippen LogP contribution in [0, 0.1) is 18.7 Å². The van der Waals surface area contributed by atoms with Crippen molar-refractivity contribution in [2.24, 2.45) is 5.92 Å². The van der Waals surface area contributed by atoms with E-state index in [9.17, 15) is 9.18 Å². The van der Waals surface area contributed by atoms with Crippen molar-refractivity contribution in [1.82, 2.24) is 15.3 Å². The molecule has 0 aliphatic heterocycles. The molecule has 0 unspecified atom stereocenters. The normalized spacial score (nSPS) is 10.7. The lowest BCUT2D eigenvalue weighted by molar-refractivity contribution is 0.0945. The smallest absolute Gasteiger partial charge is 0.270 e. The van der Waals surface area contributed by atoms with Crippen molar-refractivity contribution in [3.8, 4) is 0 Å². The van der Waals surface area contributed by atoms with Crippen LogP contribution >= 0.6 is 0 Å². The van der Waals surface area contributed by atoms with Gasteiger partial charge in [0, 0.05) is 24.7 Å². The number of benzene rings is 1. The Kier molecular flexibility index (Phi) is 5.62. The second-order valence-electron chi connectivity index (χ2n) is 5.73. The van der Waals surface area contributed by atoms with Gasteiger partial charge in [-0.1, -0.05) is 32.0 Å². The first-order chi connectivity index (χ1) is 11.0. The van der Waals surface area contributed by atoms with Gasteiger partial charge in [-0.15, -0.1) is 0 Å². The van der Waals surface area contributed by atoms with E-state index in [0.29, 0.717) is 23.1 Å². The molecule has 0 aliphatic rings. The topological polar surface area (TPSA) is 66.9 Å². The van der Waals surface area contributed by atoms with Crippen LogP contribution in [0.15, 0.2) is 30.3 Å². The van der Waals surface area contributed by atoms with Crippen LogP contribution in [0.4, 0.5) is 10.2 Å². The number of amides is 1. The summed E-state index contributed by atoms with van der Waals surface area (Å²) in [6.45, 7) is 6.77. The first kappa shape index (κ1) is 16.9. The summed E-state index contributed by atoms with van der Waals surface area (Å²) in [7, 11) is 0. The molecule has 1 amide bonds. The van der Waals surface area contributed by atoms with Crippen molar-refractivity contribution in [1.29, 1.82) is 0 Å². The third kappa shape index (κ3) is 5.02. The van der Waals surface area contributed by atoms with Crippen LogP contribution in [0.1, 0.15) is 35.7 Å². The Hall–Kier alpha value is -2.50. The van der Waals surface area contributed by atoms with Crippen molar-refractivity contribution in [2.75, 3.05) is 11.9 Å². The average molecular weight is 316 g/mol. The fourth-order valence-electron chi connectivity index (χ4n) is 1.99. The summed E-state index contributed by atoms with van der Waals surface area (Å²) in [4.78, 5) is 20.6. The SMILES string of the molecule is Cc1nc(NCC(C)C)cc(C(=O)NCc2ccccc2F)n1. The monoisotopic (exact) mass is 316 g/mol. The predicted octanol–water partition coefficient (Wildman–Crippen LogP) is 2.92. The molecule has 6 heteroatoms. The minimum absolute atomic E-state index is 0.114. The zero-order valence-electron chi connectivity index (χ0n) is 13.6. The average Bonchev–Trinajstić information content (AvgIpc) is 2.51. The summed E-state index contributed by atoms with van der Waals surface area (Å²) in [6, 6.07) is 7.95. The van der Waals surface area contributed by atoms with E-state index in [4.69, 9.17) is 0 Å². The van der Waals surface area contributed by atoms with Gasteiger partial charge in [0.2, 0.25) is 0 Å². The third-order valence-electron chi connectivity index (χ3n) is 3.16. The van der Waals surface area contributed by atoms with Crippen molar-refractivity contribution < 1.29 is 9.18 Å². The highest BCUT2D eigenvalue weighted by atomic mass is 19.1. The Morgan fingerprint density at radius 3 is 2.70 bits per heavy atom. The Morgan fingerprint density at radius 1 is 1.26 bits per heavy atom. The molecule has 0 bridgehead atoms. The molecule has 2 N–H and O–H groups in total. The van der Waals surface area contributed by atoms with Crippen LogP contribution in [0.5, 0.6) is 0 Å². The van der Waals surface area contributed by atoms with E-state index in [2.05, 4.69) is 34.4 Å². The number of hydrogen-bond donors (Lipinski definition) is 2. The van der Waals surface area contributed by atoms with Gasteiger partial charge in [0.15, 0.2) is 0 Å². The fraction of sp³-hybridized carbons (Fsp3) is 0.353. The Bertz CT molecular complexity index is 688. The number of halogens is 1. The van der Waals surface area contributed by atoms with Crippen LogP contribution in [0.2, 0.25) is 0 Å². The number of hydrogen-bond acceptors (Lipinski definition) is 4. The molecule has 1 heterocycles. The lowest BCUT2D eigenvalue weighted by Crippen LogP contribution is -2.25. The number of nitrogens with one attached hydrogen (secondary N) is 2. The van der Waals surface area contributed by atoms with E-state index in [1.807, 2.05) is 0 Å². The Labute approximate surface area is 135 Å². The highest BCUT2D eigenvalue weighted by molar-refractivity contribution is 5.92. The van der Waals surface area contributed by atoms with E-state index in [-0.39, 0.29) is 24.0 Å². The molecule has 23 heavy (non-hydrogen) atoms.